The van der Waals surface area contributed by atoms with Crippen LogP contribution >= 0.6 is 0 Å². The average molecular weight is 190 g/mol. The Balaban J connectivity index is 0. The van der Waals surface area contributed by atoms with Crippen molar-refractivity contribution in [3.05, 3.63) is 0 Å². The number of nitrogens with one attached hydrogen (secondary N) is 1. The van der Waals surface area contributed by atoms with Crippen LogP contribution in [0.25, 0.3) is 0 Å². The quantitative estimate of drug-likeness (QED) is 0.425. The van der Waals surface area contributed by atoms with Crippen molar-refractivity contribution in [1.29, 1.82) is 0 Å². The van der Waals surface area contributed by atoms with Gasteiger partial charge < -0.3 is 5.32 Å². The van der Waals surface area contributed by atoms with Crippen LogP contribution in [0.2, 0.25) is 0 Å². The molecule has 0 spiro atoms. The molecule has 0 atom stereocenters. The van der Waals surface area contributed by atoms with E-state index in [1.54, 1.807) is 0 Å². The molecule has 0 rings (SSSR count). The first-order valence-corrected chi connectivity index (χ1v) is 4.22. The number of amides is 1. The van der Waals surface area contributed by atoms with E-state index in [1.807, 2.05) is 0 Å². The van der Waals surface area contributed by atoms with Crippen LogP contribution < -0.4 is 5.32 Å². The maximum Gasteiger partial charge on any atom is 0.266 e. The van der Waals surface area contributed by atoms with Crippen molar-refractivity contribution in [2.45, 2.75) is 6.92 Å². The van der Waals surface area contributed by atoms with Gasteiger partial charge in [-0.05, 0) is 0 Å². The van der Waals surface area contributed by atoms with E-state index >= 15 is 0 Å². The van der Waals surface area contributed by atoms with E-state index in [-0.39, 0.29) is 42.0 Å². The predicted octanol–water partition coefficient (Wildman–Crippen LogP) is -1.37. The van der Waals surface area contributed by atoms with E-state index < -0.39 is 15.9 Å². The molecule has 0 saturated heterocycles. The van der Waals surface area contributed by atoms with Gasteiger partial charge in [-0.25, -0.2) is 0 Å². The third-order valence-electron chi connectivity index (χ3n) is 0.734. The molecule has 11 heavy (non-hydrogen) atoms. The topological polar surface area (TPSA) is 83.5 Å². The van der Waals surface area contributed by atoms with Crippen LogP contribution in [-0.4, -0.2) is 60.7 Å². The molecule has 0 aromatic carbocycles. The zero-order valence-electron chi connectivity index (χ0n) is 6.49. The van der Waals surface area contributed by atoms with Crippen molar-refractivity contribution < 1.29 is 17.8 Å². The van der Waals surface area contributed by atoms with Crippen LogP contribution in [-0.2, 0) is 14.9 Å². The normalized spacial score (nSPS) is 10.0. The van der Waals surface area contributed by atoms with E-state index in [0.717, 1.165) is 0 Å². The number of hydrogen-bond acceptors (Lipinski definition) is 3. The van der Waals surface area contributed by atoms with E-state index in [2.05, 4.69) is 5.32 Å². The van der Waals surface area contributed by atoms with Gasteiger partial charge in [0.1, 0.15) is 0 Å². The fourth-order valence-corrected chi connectivity index (χ4v) is 0.716. The van der Waals surface area contributed by atoms with E-state index in [1.165, 1.54) is 6.92 Å². The second kappa shape index (κ2) is 5.96. The summed E-state index contributed by atoms with van der Waals surface area (Å²) in [4.78, 5) is 10.1. The molecule has 5 nitrogen and oxygen atoms in total. The molecule has 0 unspecified atom stereocenters. The van der Waals surface area contributed by atoms with Crippen molar-refractivity contribution >= 4 is 45.6 Å². The maximum absolute atomic E-state index is 10.1. The molecule has 0 saturated carbocycles. The number of rotatable bonds is 3. The summed E-state index contributed by atoms with van der Waals surface area (Å²) in [6, 6.07) is 0. The predicted molar refractivity (Wildman–Crippen MR) is 40.9 cm³/mol. The van der Waals surface area contributed by atoms with Gasteiger partial charge in [0.25, 0.3) is 10.1 Å². The fraction of sp³-hybridized carbons (Fsp3) is 0.750. The Morgan fingerprint density at radius 3 is 2.27 bits per heavy atom. The van der Waals surface area contributed by atoms with Crippen molar-refractivity contribution in [3.8, 4) is 0 Å². The number of carbonyl (C=O) groups is 1. The van der Waals surface area contributed by atoms with Crippen molar-refractivity contribution in [1.82, 2.24) is 5.32 Å². The summed E-state index contributed by atoms with van der Waals surface area (Å²) in [6.45, 7) is 1.22. The third-order valence-corrected chi connectivity index (χ3v) is 1.45. The van der Waals surface area contributed by atoms with E-state index in [4.69, 9.17) is 4.55 Å². The smallest absolute Gasteiger partial charge is 0.266 e. The first kappa shape index (κ1) is 13.9. The van der Waals surface area contributed by atoms with Crippen molar-refractivity contribution in [2.75, 3.05) is 12.3 Å². The Labute approximate surface area is 87.6 Å². The van der Waals surface area contributed by atoms with Gasteiger partial charge in [-0.15, -0.1) is 0 Å². The summed E-state index contributed by atoms with van der Waals surface area (Å²) >= 11 is 0. The Bertz CT molecular complexity index is 212. The number of hydrogen-bond donors (Lipinski definition) is 2. The second-order valence-corrected chi connectivity index (χ2v) is 3.34. The Morgan fingerprint density at radius 2 is 2.00 bits per heavy atom. The molecule has 0 fully saturated rings. The molecule has 1 amide bonds. The Morgan fingerprint density at radius 1 is 1.55 bits per heavy atom. The van der Waals surface area contributed by atoms with Gasteiger partial charge >= 0.3 is 0 Å². The summed E-state index contributed by atoms with van der Waals surface area (Å²) in [5, 5.41) is 2.22. The van der Waals surface area contributed by atoms with Gasteiger partial charge in [0.2, 0.25) is 5.91 Å². The van der Waals surface area contributed by atoms with Crippen LogP contribution in [0.5, 0.6) is 0 Å². The van der Waals surface area contributed by atoms with Gasteiger partial charge in [0.05, 0.1) is 5.75 Å². The standard InChI is InChI=1S/C4H9NO4S.Na/c1-4(6)5-2-3-10(7,8)9;/h2-3H2,1H3,(H,5,6)(H,7,8,9);. The molecule has 7 heteroatoms. The minimum absolute atomic E-state index is 0. The van der Waals surface area contributed by atoms with Crippen LogP contribution in [0.1, 0.15) is 6.92 Å². The number of carbonyl (C=O) groups excluding carboxylic acids is 1. The third kappa shape index (κ3) is 13.4. The van der Waals surface area contributed by atoms with Crippen LogP contribution in [0.3, 0.4) is 0 Å². The summed E-state index contributed by atoms with van der Waals surface area (Å²) < 4.78 is 28.2. The Hall–Kier alpha value is 0.380. The molecule has 0 aromatic rings. The first-order valence-electron chi connectivity index (χ1n) is 2.61. The van der Waals surface area contributed by atoms with Gasteiger partial charge in [-0.2, -0.15) is 8.42 Å². The molecule has 61 valence electrons. The Kier molecular flexibility index (Phi) is 7.55. The fourth-order valence-electron chi connectivity index (χ4n) is 0.356. The molecule has 2 N–H and O–H groups in total. The van der Waals surface area contributed by atoms with Crippen LogP contribution in [0.15, 0.2) is 0 Å². The second-order valence-electron chi connectivity index (χ2n) is 1.77. The molecule has 0 aliphatic carbocycles. The van der Waals surface area contributed by atoms with Gasteiger partial charge in [0.15, 0.2) is 0 Å². The van der Waals surface area contributed by atoms with E-state index in [0.29, 0.717) is 0 Å². The van der Waals surface area contributed by atoms with E-state index in [9.17, 15) is 13.2 Å². The summed E-state index contributed by atoms with van der Waals surface area (Å²) in [5.41, 5.74) is 0. The van der Waals surface area contributed by atoms with Gasteiger partial charge in [0, 0.05) is 43.0 Å². The molecular weight excluding hydrogens is 181 g/mol. The zero-order chi connectivity index (χ0) is 8.20. The first-order chi connectivity index (χ1) is 4.42. The monoisotopic (exact) mass is 190 g/mol. The van der Waals surface area contributed by atoms with Crippen molar-refractivity contribution in [3.63, 3.8) is 0 Å². The molecule has 0 heterocycles. The molecule has 0 aromatic heterocycles. The van der Waals surface area contributed by atoms with Crippen molar-refractivity contribution in [2.24, 2.45) is 0 Å². The zero-order valence-corrected chi connectivity index (χ0v) is 9.31. The van der Waals surface area contributed by atoms with Gasteiger partial charge in [-0.1, -0.05) is 0 Å². The SMILES string of the molecule is CC(=O)NCCS(=O)(=O)O.[Na]. The molecule has 0 bridgehead atoms. The summed E-state index contributed by atoms with van der Waals surface area (Å²) in [5.74, 6) is -0.754. The molecule has 1 radical (unpaired) electrons. The molecule has 0 aliphatic heterocycles. The average Bonchev–Trinajstić information content (AvgIpc) is 1.59. The largest absolute Gasteiger partial charge is 0.355 e. The minimum Gasteiger partial charge on any atom is -0.355 e. The molecule has 0 aliphatic rings. The molecular formula is C4H9NNaO4S. The minimum atomic E-state index is -3.93. The van der Waals surface area contributed by atoms with Gasteiger partial charge in [-0.3, -0.25) is 9.35 Å². The van der Waals surface area contributed by atoms with Crippen LogP contribution in [0, 0.1) is 0 Å². The van der Waals surface area contributed by atoms with Crippen LogP contribution in [0.4, 0.5) is 0 Å². The summed E-state index contributed by atoms with van der Waals surface area (Å²) in [6.07, 6.45) is 0. The maximum atomic E-state index is 10.1. The summed E-state index contributed by atoms with van der Waals surface area (Å²) in [7, 11) is -3.93.